The predicted molar refractivity (Wildman–Crippen MR) is 63.9 cm³/mol. The molecule has 3 nitrogen and oxygen atoms in total. The summed E-state index contributed by atoms with van der Waals surface area (Å²) in [5.41, 5.74) is 8.97. The Morgan fingerprint density at radius 3 is 3.00 bits per heavy atom. The smallest absolute Gasteiger partial charge is 0.0994 e. The molecule has 1 aromatic carbocycles. The van der Waals surface area contributed by atoms with Gasteiger partial charge in [0.2, 0.25) is 0 Å². The zero-order valence-electron chi connectivity index (χ0n) is 8.44. The lowest BCUT2D eigenvalue weighted by atomic mass is 10.2. The van der Waals surface area contributed by atoms with Crippen LogP contribution < -0.4 is 5.73 Å². The molecule has 0 radical (unpaired) electrons. The molecule has 0 aliphatic heterocycles. The van der Waals surface area contributed by atoms with Crippen molar-refractivity contribution in [3.8, 4) is 5.69 Å². The molecule has 4 heteroatoms. The SMILES string of the molecule is Cc1ccc(Br)cc1-n1cncc1CN. The van der Waals surface area contributed by atoms with Crippen LogP contribution in [0.25, 0.3) is 5.69 Å². The van der Waals surface area contributed by atoms with E-state index < -0.39 is 0 Å². The topological polar surface area (TPSA) is 43.8 Å². The first-order chi connectivity index (χ1) is 7.22. The van der Waals surface area contributed by atoms with Crippen molar-refractivity contribution < 1.29 is 0 Å². The molecule has 2 N–H and O–H groups in total. The van der Waals surface area contributed by atoms with Gasteiger partial charge < -0.3 is 10.3 Å². The summed E-state index contributed by atoms with van der Waals surface area (Å²) in [6, 6.07) is 6.16. The van der Waals surface area contributed by atoms with Gasteiger partial charge in [0, 0.05) is 17.2 Å². The predicted octanol–water partition coefficient (Wildman–Crippen LogP) is 2.40. The Hall–Kier alpha value is -1.13. The van der Waals surface area contributed by atoms with Crippen LogP contribution in [0.5, 0.6) is 0 Å². The fourth-order valence-corrected chi connectivity index (χ4v) is 1.88. The minimum absolute atomic E-state index is 0.492. The van der Waals surface area contributed by atoms with Crippen LogP contribution in [0.4, 0.5) is 0 Å². The van der Waals surface area contributed by atoms with Crippen LogP contribution >= 0.6 is 15.9 Å². The van der Waals surface area contributed by atoms with Gasteiger partial charge >= 0.3 is 0 Å². The highest BCUT2D eigenvalue weighted by molar-refractivity contribution is 9.10. The van der Waals surface area contributed by atoms with E-state index in [2.05, 4.69) is 40.0 Å². The number of benzene rings is 1. The third-order valence-corrected chi connectivity index (χ3v) is 2.85. The molecular formula is C11H12BrN3. The minimum atomic E-state index is 0.492. The number of imidazole rings is 1. The van der Waals surface area contributed by atoms with Gasteiger partial charge in [0.05, 0.1) is 17.7 Å². The summed E-state index contributed by atoms with van der Waals surface area (Å²) in [6.45, 7) is 2.56. The Morgan fingerprint density at radius 2 is 2.27 bits per heavy atom. The molecule has 0 spiro atoms. The van der Waals surface area contributed by atoms with Gasteiger partial charge in [-0.2, -0.15) is 0 Å². The van der Waals surface area contributed by atoms with Gasteiger partial charge in [-0.05, 0) is 24.6 Å². The van der Waals surface area contributed by atoms with E-state index >= 15 is 0 Å². The van der Waals surface area contributed by atoms with E-state index in [1.54, 1.807) is 12.5 Å². The maximum atomic E-state index is 5.65. The largest absolute Gasteiger partial charge is 0.325 e. The number of halogens is 1. The molecule has 0 bridgehead atoms. The fourth-order valence-electron chi connectivity index (χ4n) is 1.53. The average molecular weight is 266 g/mol. The van der Waals surface area contributed by atoms with Crippen molar-refractivity contribution in [2.45, 2.75) is 13.5 Å². The standard InChI is InChI=1S/C11H12BrN3/c1-8-2-3-9(12)4-11(8)15-7-14-6-10(15)5-13/h2-4,6-7H,5,13H2,1H3. The molecule has 0 fully saturated rings. The van der Waals surface area contributed by atoms with Crippen molar-refractivity contribution in [2.24, 2.45) is 5.73 Å². The molecule has 1 aromatic heterocycles. The second kappa shape index (κ2) is 4.16. The van der Waals surface area contributed by atoms with E-state index in [0.717, 1.165) is 15.9 Å². The maximum absolute atomic E-state index is 5.65. The second-order valence-electron chi connectivity index (χ2n) is 3.39. The quantitative estimate of drug-likeness (QED) is 0.907. The van der Waals surface area contributed by atoms with E-state index in [9.17, 15) is 0 Å². The second-order valence-corrected chi connectivity index (χ2v) is 4.31. The van der Waals surface area contributed by atoms with Gasteiger partial charge in [-0.1, -0.05) is 22.0 Å². The maximum Gasteiger partial charge on any atom is 0.0994 e. The molecule has 0 saturated heterocycles. The summed E-state index contributed by atoms with van der Waals surface area (Å²) in [5.74, 6) is 0. The Kier molecular flexibility index (Phi) is 2.88. The number of aryl methyl sites for hydroxylation is 1. The van der Waals surface area contributed by atoms with Crippen molar-refractivity contribution in [3.05, 3.63) is 46.5 Å². The first-order valence-electron chi connectivity index (χ1n) is 4.70. The fraction of sp³-hybridized carbons (Fsp3) is 0.182. The van der Waals surface area contributed by atoms with Gasteiger partial charge in [-0.3, -0.25) is 0 Å². The summed E-state index contributed by atoms with van der Waals surface area (Å²) in [7, 11) is 0. The first kappa shape index (κ1) is 10.4. The number of nitrogens with two attached hydrogens (primary N) is 1. The molecule has 0 saturated carbocycles. The molecule has 15 heavy (non-hydrogen) atoms. The van der Waals surface area contributed by atoms with Crippen molar-refractivity contribution >= 4 is 15.9 Å². The van der Waals surface area contributed by atoms with Crippen molar-refractivity contribution in [1.29, 1.82) is 0 Å². The third kappa shape index (κ3) is 1.96. The lowest BCUT2D eigenvalue weighted by Gasteiger charge is -2.10. The molecule has 0 aliphatic rings. The molecular weight excluding hydrogens is 254 g/mol. The van der Waals surface area contributed by atoms with E-state index in [-0.39, 0.29) is 0 Å². The Bertz CT molecular complexity index is 476. The Labute approximate surface area is 97.1 Å². The van der Waals surface area contributed by atoms with Crippen molar-refractivity contribution in [2.75, 3.05) is 0 Å². The highest BCUT2D eigenvalue weighted by Crippen LogP contribution is 2.20. The lowest BCUT2D eigenvalue weighted by Crippen LogP contribution is -2.05. The molecule has 0 amide bonds. The summed E-state index contributed by atoms with van der Waals surface area (Å²) < 4.78 is 3.07. The van der Waals surface area contributed by atoms with Gasteiger partial charge in [-0.15, -0.1) is 0 Å². The first-order valence-corrected chi connectivity index (χ1v) is 5.49. The van der Waals surface area contributed by atoms with E-state index in [1.165, 1.54) is 5.56 Å². The third-order valence-electron chi connectivity index (χ3n) is 2.35. The van der Waals surface area contributed by atoms with Crippen LogP contribution in [0.2, 0.25) is 0 Å². The van der Waals surface area contributed by atoms with Gasteiger partial charge in [0.15, 0.2) is 0 Å². The summed E-state index contributed by atoms with van der Waals surface area (Å²) >= 11 is 3.46. The van der Waals surface area contributed by atoms with E-state index in [1.807, 2.05) is 10.6 Å². The van der Waals surface area contributed by atoms with Crippen LogP contribution in [0.15, 0.2) is 35.2 Å². The highest BCUT2D eigenvalue weighted by Gasteiger charge is 2.05. The van der Waals surface area contributed by atoms with Crippen LogP contribution in [0.3, 0.4) is 0 Å². The average Bonchev–Trinajstić information content (AvgIpc) is 2.69. The van der Waals surface area contributed by atoms with Gasteiger partial charge in [0.1, 0.15) is 0 Å². The van der Waals surface area contributed by atoms with Crippen LogP contribution in [0, 0.1) is 6.92 Å². The molecule has 0 atom stereocenters. The molecule has 0 unspecified atom stereocenters. The molecule has 0 aliphatic carbocycles. The van der Waals surface area contributed by atoms with E-state index in [0.29, 0.717) is 6.54 Å². The van der Waals surface area contributed by atoms with Crippen LogP contribution in [-0.4, -0.2) is 9.55 Å². The Morgan fingerprint density at radius 1 is 1.47 bits per heavy atom. The monoisotopic (exact) mass is 265 g/mol. The molecule has 1 heterocycles. The zero-order chi connectivity index (χ0) is 10.8. The lowest BCUT2D eigenvalue weighted by molar-refractivity contribution is 0.903. The highest BCUT2D eigenvalue weighted by atomic mass is 79.9. The number of hydrogen-bond donors (Lipinski definition) is 1. The summed E-state index contributed by atoms with van der Waals surface area (Å²) in [4.78, 5) is 4.11. The van der Waals surface area contributed by atoms with Crippen molar-refractivity contribution in [3.63, 3.8) is 0 Å². The van der Waals surface area contributed by atoms with Crippen LogP contribution in [0.1, 0.15) is 11.3 Å². The Balaban J connectivity index is 2.58. The number of rotatable bonds is 2. The van der Waals surface area contributed by atoms with E-state index in [4.69, 9.17) is 5.73 Å². The van der Waals surface area contributed by atoms with Gasteiger partial charge in [0.25, 0.3) is 0 Å². The molecule has 2 aromatic rings. The number of nitrogens with zero attached hydrogens (tertiary/aromatic N) is 2. The molecule has 2 rings (SSSR count). The number of aromatic nitrogens is 2. The van der Waals surface area contributed by atoms with Crippen molar-refractivity contribution in [1.82, 2.24) is 9.55 Å². The summed E-state index contributed by atoms with van der Waals surface area (Å²) in [5, 5.41) is 0. The van der Waals surface area contributed by atoms with Gasteiger partial charge in [-0.25, -0.2) is 4.98 Å². The zero-order valence-corrected chi connectivity index (χ0v) is 10.0. The van der Waals surface area contributed by atoms with Crippen LogP contribution in [-0.2, 0) is 6.54 Å². The molecule has 78 valence electrons. The minimum Gasteiger partial charge on any atom is -0.325 e. The summed E-state index contributed by atoms with van der Waals surface area (Å²) in [6.07, 6.45) is 3.58. The number of hydrogen-bond acceptors (Lipinski definition) is 2. The normalized spacial score (nSPS) is 10.6.